The number of anilines is 2. The molecule has 0 spiro atoms. The quantitative estimate of drug-likeness (QED) is 0.858. The first-order chi connectivity index (χ1) is 10.7. The molecular weight excluding hydrogens is 276 g/mol. The van der Waals surface area contributed by atoms with E-state index in [1.165, 1.54) is 12.8 Å². The Morgan fingerprint density at radius 2 is 1.95 bits per heavy atom. The number of hydrogen-bond donors (Lipinski definition) is 0. The fourth-order valence-electron chi connectivity index (χ4n) is 3.04. The van der Waals surface area contributed by atoms with Crippen LogP contribution < -0.4 is 9.80 Å². The minimum Gasteiger partial charge on any atom is -0.361 e. The summed E-state index contributed by atoms with van der Waals surface area (Å²) in [6, 6.07) is 0. The predicted molar refractivity (Wildman–Crippen MR) is 87.0 cm³/mol. The van der Waals surface area contributed by atoms with Crippen molar-refractivity contribution in [1.29, 1.82) is 0 Å². The molecule has 2 aromatic rings. The Bertz CT molecular complexity index is 601. The maximum Gasteiger partial charge on any atom is 0.149 e. The van der Waals surface area contributed by atoms with Crippen molar-refractivity contribution in [2.75, 3.05) is 37.0 Å². The molecule has 1 aliphatic rings. The molecule has 0 radical (unpaired) electrons. The third-order valence-electron chi connectivity index (χ3n) is 4.05. The van der Waals surface area contributed by atoms with Crippen LogP contribution in [0.5, 0.6) is 0 Å². The summed E-state index contributed by atoms with van der Waals surface area (Å²) in [6.45, 7) is 2.05. The average Bonchev–Trinajstić information content (AvgIpc) is 2.56. The van der Waals surface area contributed by atoms with Crippen LogP contribution in [0.4, 0.5) is 11.6 Å². The minimum absolute atomic E-state index is 0.575. The van der Waals surface area contributed by atoms with E-state index >= 15 is 0 Å². The number of piperidine rings is 1. The standard InChI is InChI=1S/C16H22N6/c1-21(2)16-14(18-7-8-20-16)10-13-4-3-9-22(12-13)15-11-17-5-6-19-15/h5-8,11,13H,3-4,9-10,12H2,1-2H3. The highest BCUT2D eigenvalue weighted by atomic mass is 15.2. The molecule has 6 heteroatoms. The Labute approximate surface area is 131 Å². The van der Waals surface area contributed by atoms with Gasteiger partial charge in [0.05, 0.1) is 11.9 Å². The van der Waals surface area contributed by atoms with E-state index in [-0.39, 0.29) is 0 Å². The lowest BCUT2D eigenvalue weighted by Crippen LogP contribution is -2.37. The minimum atomic E-state index is 0.575. The fourth-order valence-corrected chi connectivity index (χ4v) is 3.04. The lowest BCUT2D eigenvalue weighted by molar-refractivity contribution is 0.408. The Hall–Kier alpha value is -2.24. The van der Waals surface area contributed by atoms with Crippen molar-refractivity contribution in [2.45, 2.75) is 19.3 Å². The molecule has 1 unspecified atom stereocenters. The second-order valence-electron chi connectivity index (χ2n) is 5.94. The molecule has 1 aliphatic heterocycles. The van der Waals surface area contributed by atoms with E-state index < -0.39 is 0 Å². The fraction of sp³-hybridized carbons (Fsp3) is 0.500. The topological polar surface area (TPSA) is 58.0 Å². The first-order valence-electron chi connectivity index (χ1n) is 7.72. The van der Waals surface area contributed by atoms with Crippen LogP contribution in [0.2, 0.25) is 0 Å². The van der Waals surface area contributed by atoms with Crippen molar-refractivity contribution in [2.24, 2.45) is 5.92 Å². The number of nitrogens with zero attached hydrogens (tertiary/aromatic N) is 6. The van der Waals surface area contributed by atoms with E-state index in [9.17, 15) is 0 Å². The molecule has 0 aliphatic carbocycles. The zero-order chi connectivity index (χ0) is 15.4. The molecule has 0 saturated carbocycles. The van der Waals surface area contributed by atoms with Crippen LogP contribution in [-0.4, -0.2) is 47.1 Å². The van der Waals surface area contributed by atoms with Crippen molar-refractivity contribution >= 4 is 11.6 Å². The summed E-state index contributed by atoms with van der Waals surface area (Å²) in [6.07, 6.45) is 12.2. The monoisotopic (exact) mass is 298 g/mol. The van der Waals surface area contributed by atoms with Crippen LogP contribution in [0.25, 0.3) is 0 Å². The molecule has 1 saturated heterocycles. The molecule has 3 heterocycles. The third kappa shape index (κ3) is 3.32. The van der Waals surface area contributed by atoms with Crippen molar-refractivity contribution < 1.29 is 0 Å². The molecule has 0 bridgehead atoms. The highest BCUT2D eigenvalue weighted by Gasteiger charge is 2.23. The summed E-state index contributed by atoms with van der Waals surface area (Å²) in [7, 11) is 4.03. The van der Waals surface area contributed by atoms with Gasteiger partial charge >= 0.3 is 0 Å². The first-order valence-corrected chi connectivity index (χ1v) is 7.72. The van der Waals surface area contributed by atoms with Gasteiger partial charge in [0.1, 0.15) is 11.6 Å². The molecule has 116 valence electrons. The van der Waals surface area contributed by atoms with Gasteiger partial charge in [0.2, 0.25) is 0 Å². The lowest BCUT2D eigenvalue weighted by Gasteiger charge is -2.33. The molecule has 6 nitrogen and oxygen atoms in total. The van der Waals surface area contributed by atoms with Gasteiger partial charge in [0.25, 0.3) is 0 Å². The van der Waals surface area contributed by atoms with Gasteiger partial charge in [0.15, 0.2) is 0 Å². The van der Waals surface area contributed by atoms with Gasteiger partial charge in [-0.3, -0.25) is 9.97 Å². The lowest BCUT2D eigenvalue weighted by atomic mass is 9.93. The van der Waals surface area contributed by atoms with Crippen molar-refractivity contribution in [3.8, 4) is 0 Å². The second kappa shape index (κ2) is 6.68. The van der Waals surface area contributed by atoms with Crippen molar-refractivity contribution in [1.82, 2.24) is 19.9 Å². The zero-order valence-electron chi connectivity index (χ0n) is 13.2. The van der Waals surface area contributed by atoms with E-state index in [1.54, 1.807) is 24.8 Å². The summed E-state index contributed by atoms with van der Waals surface area (Å²) in [5, 5.41) is 0. The summed E-state index contributed by atoms with van der Waals surface area (Å²) in [5.41, 5.74) is 1.08. The summed E-state index contributed by atoms with van der Waals surface area (Å²) in [4.78, 5) is 21.9. The van der Waals surface area contributed by atoms with E-state index in [4.69, 9.17) is 0 Å². The van der Waals surface area contributed by atoms with Gasteiger partial charge in [-0.05, 0) is 25.2 Å². The maximum absolute atomic E-state index is 4.54. The van der Waals surface area contributed by atoms with Crippen LogP contribution in [0.3, 0.4) is 0 Å². The zero-order valence-corrected chi connectivity index (χ0v) is 13.2. The van der Waals surface area contributed by atoms with E-state index in [2.05, 4.69) is 24.8 Å². The Kier molecular flexibility index (Phi) is 4.46. The maximum atomic E-state index is 4.54. The molecule has 0 aromatic carbocycles. The summed E-state index contributed by atoms with van der Waals surface area (Å²) in [5.74, 6) is 2.52. The van der Waals surface area contributed by atoms with Gasteiger partial charge in [0, 0.05) is 52.0 Å². The molecule has 1 atom stereocenters. The Morgan fingerprint density at radius 3 is 2.73 bits per heavy atom. The summed E-state index contributed by atoms with van der Waals surface area (Å²) >= 11 is 0. The smallest absolute Gasteiger partial charge is 0.149 e. The van der Waals surface area contributed by atoms with E-state index in [1.807, 2.05) is 25.2 Å². The molecular formula is C16H22N6. The highest BCUT2D eigenvalue weighted by Crippen LogP contribution is 2.25. The van der Waals surface area contributed by atoms with Crippen molar-refractivity contribution in [3.63, 3.8) is 0 Å². The van der Waals surface area contributed by atoms with Crippen LogP contribution in [-0.2, 0) is 6.42 Å². The van der Waals surface area contributed by atoms with Gasteiger partial charge < -0.3 is 9.80 Å². The molecule has 2 aromatic heterocycles. The highest BCUT2D eigenvalue weighted by molar-refractivity contribution is 5.42. The van der Waals surface area contributed by atoms with Crippen LogP contribution in [0.15, 0.2) is 31.0 Å². The Balaban J connectivity index is 1.71. The largest absolute Gasteiger partial charge is 0.361 e. The van der Waals surface area contributed by atoms with E-state index in [0.29, 0.717) is 5.92 Å². The molecule has 3 rings (SSSR count). The second-order valence-corrected chi connectivity index (χ2v) is 5.94. The third-order valence-corrected chi connectivity index (χ3v) is 4.05. The van der Waals surface area contributed by atoms with Crippen LogP contribution >= 0.6 is 0 Å². The molecule has 22 heavy (non-hydrogen) atoms. The molecule has 0 N–H and O–H groups in total. The normalized spacial score (nSPS) is 18.3. The first kappa shape index (κ1) is 14.7. The van der Waals surface area contributed by atoms with Crippen LogP contribution in [0.1, 0.15) is 18.5 Å². The average molecular weight is 298 g/mol. The van der Waals surface area contributed by atoms with Gasteiger partial charge in [-0.15, -0.1) is 0 Å². The van der Waals surface area contributed by atoms with E-state index in [0.717, 1.165) is 36.8 Å². The number of aromatic nitrogens is 4. The molecule has 1 fully saturated rings. The van der Waals surface area contributed by atoms with Gasteiger partial charge in [-0.2, -0.15) is 0 Å². The molecule has 0 amide bonds. The number of rotatable bonds is 4. The van der Waals surface area contributed by atoms with Gasteiger partial charge in [-0.1, -0.05) is 0 Å². The SMILES string of the molecule is CN(C)c1nccnc1CC1CCCN(c2cnccn2)C1. The number of hydrogen-bond acceptors (Lipinski definition) is 6. The Morgan fingerprint density at radius 1 is 1.14 bits per heavy atom. The van der Waals surface area contributed by atoms with Crippen LogP contribution in [0, 0.1) is 5.92 Å². The van der Waals surface area contributed by atoms with Crippen molar-refractivity contribution in [3.05, 3.63) is 36.7 Å². The predicted octanol–water partition coefficient (Wildman–Crippen LogP) is 1.79. The van der Waals surface area contributed by atoms with Gasteiger partial charge in [-0.25, -0.2) is 9.97 Å². The summed E-state index contributed by atoms with van der Waals surface area (Å²) < 4.78 is 0.